The van der Waals surface area contributed by atoms with E-state index in [4.69, 9.17) is 9.26 Å². The molecule has 8 heteroatoms. The van der Waals surface area contributed by atoms with Crippen molar-refractivity contribution in [1.82, 2.24) is 10.1 Å². The number of nitrogens with zero attached hydrogens (tertiary/aromatic N) is 3. The van der Waals surface area contributed by atoms with Crippen LogP contribution in [0.4, 0.5) is 14.5 Å². The van der Waals surface area contributed by atoms with Crippen molar-refractivity contribution in [2.45, 2.75) is 12.3 Å². The minimum atomic E-state index is -0.998. The van der Waals surface area contributed by atoms with Crippen LogP contribution in [0.25, 0.3) is 11.5 Å². The van der Waals surface area contributed by atoms with Crippen molar-refractivity contribution in [3.63, 3.8) is 0 Å². The maximum absolute atomic E-state index is 13.5. The highest BCUT2D eigenvalue weighted by molar-refractivity contribution is 5.96. The molecule has 1 atom stereocenters. The molecule has 1 fully saturated rings. The van der Waals surface area contributed by atoms with Gasteiger partial charge in [-0.15, -0.1) is 0 Å². The van der Waals surface area contributed by atoms with Crippen LogP contribution in [0.1, 0.15) is 18.2 Å². The minimum absolute atomic E-state index is 0.157. The Kier molecular flexibility index (Phi) is 4.31. The van der Waals surface area contributed by atoms with Gasteiger partial charge in [-0.05, 0) is 24.3 Å². The van der Waals surface area contributed by atoms with E-state index in [-0.39, 0.29) is 24.8 Å². The van der Waals surface area contributed by atoms with E-state index in [1.54, 1.807) is 19.2 Å². The minimum Gasteiger partial charge on any atom is -0.496 e. The average Bonchev–Trinajstić information content (AvgIpc) is 3.31. The first kappa shape index (κ1) is 17.1. The number of hydrogen-bond acceptors (Lipinski definition) is 5. The molecular weight excluding hydrogens is 356 g/mol. The number of anilines is 1. The molecule has 0 saturated carbocycles. The molecule has 2 aromatic carbocycles. The van der Waals surface area contributed by atoms with Gasteiger partial charge in [-0.3, -0.25) is 4.79 Å². The topological polar surface area (TPSA) is 68.5 Å². The molecule has 0 radical (unpaired) electrons. The highest BCUT2D eigenvalue weighted by Crippen LogP contribution is 2.33. The Morgan fingerprint density at radius 2 is 2.00 bits per heavy atom. The van der Waals surface area contributed by atoms with Crippen molar-refractivity contribution in [2.24, 2.45) is 0 Å². The predicted molar refractivity (Wildman–Crippen MR) is 92.4 cm³/mol. The van der Waals surface area contributed by atoms with Gasteiger partial charge in [0.15, 0.2) is 17.5 Å². The summed E-state index contributed by atoms with van der Waals surface area (Å²) in [6.45, 7) is 0.259. The summed E-state index contributed by atoms with van der Waals surface area (Å²) in [5, 5.41) is 3.99. The summed E-state index contributed by atoms with van der Waals surface area (Å²) < 4.78 is 37.2. The number of para-hydroxylation sites is 1. The third-order valence-corrected chi connectivity index (χ3v) is 4.48. The number of rotatable bonds is 4. The van der Waals surface area contributed by atoms with Gasteiger partial charge < -0.3 is 14.2 Å². The Bertz CT molecular complexity index is 1010. The molecule has 1 amide bonds. The lowest BCUT2D eigenvalue weighted by Gasteiger charge is -2.16. The smallest absolute Gasteiger partial charge is 0.261 e. The van der Waals surface area contributed by atoms with Gasteiger partial charge in [0, 0.05) is 30.6 Å². The molecule has 0 aliphatic carbocycles. The van der Waals surface area contributed by atoms with Crippen LogP contribution in [0, 0.1) is 11.6 Å². The highest BCUT2D eigenvalue weighted by atomic mass is 19.2. The summed E-state index contributed by atoms with van der Waals surface area (Å²) in [6, 6.07) is 10.6. The van der Waals surface area contributed by atoms with Gasteiger partial charge in [-0.1, -0.05) is 17.3 Å². The SMILES string of the molecule is COc1ccccc1-c1nc(C2CC(=O)N(c3ccc(F)c(F)c3)C2)no1. The second-order valence-electron chi connectivity index (χ2n) is 6.16. The molecule has 3 aromatic rings. The van der Waals surface area contributed by atoms with Crippen LogP contribution in [-0.4, -0.2) is 29.7 Å². The number of methoxy groups -OCH3 is 1. The van der Waals surface area contributed by atoms with Gasteiger partial charge in [-0.2, -0.15) is 4.98 Å². The van der Waals surface area contributed by atoms with Crippen LogP contribution >= 0.6 is 0 Å². The van der Waals surface area contributed by atoms with E-state index >= 15 is 0 Å². The molecule has 2 heterocycles. The van der Waals surface area contributed by atoms with Crippen LogP contribution < -0.4 is 9.64 Å². The highest BCUT2D eigenvalue weighted by Gasteiger charge is 2.35. The Labute approximate surface area is 153 Å². The summed E-state index contributed by atoms with van der Waals surface area (Å²) in [5.41, 5.74) is 0.954. The Morgan fingerprint density at radius 1 is 1.19 bits per heavy atom. The van der Waals surface area contributed by atoms with Crippen molar-refractivity contribution >= 4 is 11.6 Å². The van der Waals surface area contributed by atoms with Gasteiger partial charge in [0.1, 0.15) is 5.75 Å². The third-order valence-electron chi connectivity index (χ3n) is 4.48. The van der Waals surface area contributed by atoms with Crippen molar-refractivity contribution in [1.29, 1.82) is 0 Å². The molecule has 27 heavy (non-hydrogen) atoms. The van der Waals surface area contributed by atoms with Gasteiger partial charge in [0.2, 0.25) is 5.91 Å². The normalized spacial score (nSPS) is 16.8. The van der Waals surface area contributed by atoms with E-state index in [0.717, 1.165) is 12.1 Å². The van der Waals surface area contributed by atoms with Crippen molar-refractivity contribution in [2.75, 3.05) is 18.6 Å². The first-order valence-corrected chi connectivity index (χ1v) is 8.29. The van der Waals surface area contributed by atoms with Gasteiger partial charge in [0.25, 0.3) is 5.89 Å². The Hall–Kier alpha value is -3.29. The maximum atomic E-state index is 13.5. The van der Waals surface area contributed by atoms with Crippen LogP contribution in [0.15, 0.2) is 47.0 Å². The summed E-state index contributed by atoms with van der Waals surface area (Å²) in [6.07, 6.45) is 0.157. The molecule has 1 aromatic heterocycles. The summed E-state index contributed by atoms with van der Waals surface area (Å²) >= 11 is 0. The number of carbonyl (C=O) groups is 1. The zero-order valence-electron chi connectivity index (χ0n) is 14.4. The van der Waals surface area contributed by atoms with Crippen LogP contribution in [0.2, 0.25) is 0 Å². The average molecular weight is 371 g/mol. The van der Waals surface area contributed by atoms with Crippen LogP contribution in [-0.2, 0) is 4.79 Å². The number of carbonyl (C=O) groups excluding carboxylic acids is 1. The van der Waals surface area contributed by atoms with Crippen LogP contribution in [0.3, 0.4) is 0 Å². The zero-order valence-corrected chi connectivity index (χ0v) is 14.4. The fraction of sp³-hybridized carbons (Fsp3) is 0.211. The third kappa shape index (κ3) is 3.14. The Balaban J connectivity index is 1.58. The van der Waals surface area contributed by atoms with Gasteiger partial charge in [0.05, 0.1) is 12.7 Å². The standard InChI is InChI=1S/C19H15F2N3O3/c1-26-16-5-3-2-4-13(16)19-22-18(23-27-19)11-8-17(25)24(10-11)12-6-7-14(20)15(21)9-12/h2-7,9,11H,8,10H2,1H3. The summed E-state index contributed by atoms with van der Waals surface area (Å²) in [4.78, 5) is 18.1. The number of ether oxygens (including phenoxy) is 1. The predicted octanol–water partition coefficient (Wildman–Crippen LogP) is 3.54. The molecule has 4 rings (SSSR count). The van der Waals surface area contributed by atoms with Gasteiger partial charge >= 0.3 is 0 Å². The van der Waals surface area contributed by atoms with E-state index < -0.39 is 11.6 Å². The number of halogens is 2. The molecule has 1 unspecified atom stereocenters. The second kappa shape index (κ2) is 6.79. The van der Waals surface area contributed by atoms with Gasteiger partial charge in [-0.25, -0.2) is 8.78 Å². The first-order valence-electron chi connectivity index (χ1n) is 8.29. The number of amides is 1. The van der Waals surface area contributed by atoms with E-state index in [1.807, 2.05) is 12.1 Å². The van der Waals surface area contributed by atoms with E-state index in [1.165, 1.54) is 11.0 Å². The van der Waals surface area contributed by atoms with E-state index in [9.17, 15) is 13.6 Å². The molecule has 1 aliphatic rings. The fourth-order valence-corrected chi connectivity index (χ4v) is 3.11. The maximum Gasteiger partial charge on any atom is 0.261 e. The van der Waals surface area contributed by atoms with Crippen LogP contribution in [0.5, 0.6) is 5.75 Å². The Morgan fingerprint density at radius 3 is 2.78 bits per heavy atom. The van der Waals surface area contributed by atoms with Crippen molar-refractivity contribution in [3.05, 3.63) is 59.9 Å². The number of hydrogen-bond donors (Lipinski definition) is 0. The molecule has 0 spiro atoms. The van der Waals surface area contributed by atoms with Crippen molar-refractivity contribution in [3.8, 4) is 17.2 Å². The van der Waals surface area contributed by atoms with E-state index in [2.05, 4.69) is 10.1 Å². The lowest BCUT2D eigenvalue weighted by atomic mass is 10.1. The number of aromatic nitrogens is 2. The molecular formula is C19H15F2N3O3. The molecule has 138 valence electrons. The lowest BCUT2D eigenvalue weighted by molar-refractivity contribution is -0.117. The summed E-state index contributed by atoms with van der Waals surface area (Å²) in [5.74, 6) is -1.20. The molecule has 1 saturated heterocycles. The summed E-state index contributed by atoms with van der Waals surface area (Å²) in [7, 11) is 1.55. The fourth-order valence-electron chi connectivity index (χ4n) is 3.11. The first-order chi connectivity index (χ1) is 13.1. The molecule has 0 N–H and O–H groups in total. The van der Waals surface area contributed by atoms with E-state index in [0.29, 0.717) is 28.7 Å². The molecule has 6 nitrogen and oxygen atoms in total. The quantitative estimate of drug-likeness (QED) is 0.702. The van der Waals surface area contributed by atoms with Crippen molar-refractivity contribution < 1.29 is 22.8 Å². The molecule has 0 bridgehead atoms. The lowest BCUT2D eigenvalue weighted by Crippen LogP contribution is -2.24. The zero-order chi connectivity index (χ0) is 19.0. The number of benzene rings is 2. The second-order valence-corrected chi connectivity index (χ2v) is 6.16. The monoisotopic (exact) mass is 371 g/mol. The molecule has 1 aliphatic heterocycles. The largest absolute Gasteiger partial charge is 0.496 e.